The van der Waals surface area contributed by atoms with Gasteiger partial charge < -0.3 is 10.1 Å². The molecule has 1 aromatic carbocycles. The molecule has 2 aromatic rings. The Labute approximate surface area is 125 Å². The van der Waals surface area contributed by atoms with Crippen LogP contribution in [-0.4, -0.2) is 18.8 Å². The predicted octanol–water partition coefficient (Wildman–Crippen LogP) is 4.48. The number of benzene rings is 1. The van der Waals surface area contributed by atoms with Crippen molar-refractivity contribution in [2.75, 3.05) is 6.54 Å². The number of hydrogen-bond acceptors (Lipinski definition) is 3. The Morgan fingerprint density at radius 1 is 1.29 bits per heavy atom. The number of hydrogen-bond donors (Lipinski definition) is 1. The Bertz CT molecular complexity index is 594. The third-order valence-corrected chi connectivity index (χ3v) is 4.47. The maximum absolute atomic E-state index is 12.6. The van der Waals surface area contributed by atoms with E-state index in [4.69, 9.17) is 4.74 Å². The largest absolute Gasteiger partial charge is 0.414 e. The van der Waals surface area contributed by atoms with Crippen molar-refractivity contribution < 1.29 is 17.9 Å². The van der Waals surface area contributed by atoms with E-state index in [-0.39, 0.29) is 6.61 Å². The molecule has 0 radical (unpaired) electrons. The van der Waals surface area contributed by atoms with Gasteiger partial charge in [0, 0.05) is 21.7 Å². The monoisotopic (exact) mass is 317 g/mol. The van der Waals surface area contributed by atoms with Crippen LogP contribution in [0.2, 0.25) is 0 Å². The Kier molecular flexibility index (Phi) is 5.24. The van der Waals surface area contributed by atoms with Crippen LogP contribution in [-0.2, 0) is 17.9 Å². The summed E-state index contributed by atoms with van der Waals surface area (Å²) in [5.74, 6) is 0. The maximum Gasteiger partial charge on any atom is 0.414 e. The van der Waals surface area contributed by atoms with Crippen molar-refractivity contribution in [3.8, 4) is 0 Å². The molecule has 1 heterocycles. The lowest BCUT2D eigenvalue weighted by atomic mass is 10.1. The molecule has 116 valence electrons. The van der Waals surface area contributed by atoms with Crippen molar-refractivity contribution in [1.82, 2.24) is 5.32 Å². The van der Waals surface area contributed by atoms with Crippen LogP contribution in [0.4, 0.5) is 13.2 Å². The third-order valence-electron chi connectivity index (χ3n) is 3.26. The highest BCUT2D eigenvalue weighted by Gasteiger charge is 2.37. The van der Waals surface area contributed by atoms with Crippen molar-refractivity contribution in [2.45, 2.75) is 39.3 Å². The van der Waals surface area contributed by atoms with Gasteiger partial charge in [-0.15, -0.1) is 11.3 Å². The Morgan fingerprint density at radius 2 is 2.00 bits per heavy atom. The second-order valence-corrected chi connectivity index (χ2v) is 5.91. The fourth-order valence-electron chi connectivity index (χ4n) is 1.99. The molecular weight excluding hydrogens is 299 g/mol. The van der Waals surface area contributed by atoms with Crippen LogP contribution < -0.4 is 5.32 Å². The van der Waals surface area contributed by atoms with Gasteiger partial charge in [-0.05, 0) is 24.9 Å². The number of rotatable bonds is 6. The first-order valence-corrected chi connectivity index (χ1v) is 7.63. The van der Waals surface area contributed by atoms with Crippen LogP contribution in [0, 0.1) is 0 Å². The van der Waals surface area contributed by atoms with E-state index >= 15 is 0 Å². The van der Waals surface area contributed by atoms with E-state index in [2.05, 4.69) is 5.32 Å². The molecule has 0 aliphatic heterocycles. The van der Waals surface area contributed by atoms with Gasteiger partial charge in [-0.2, -0.15) is 13.2 Å². The van der Waals surface area contributed by atoms with Gasteiger partial charge in [0.1, 0.15) is 0 Å². The Balaban J connectivity index is 2.23. The van der Waals surface area contributed by atoms with E-state index < -0.39 is 12.3 Å². The summed E-state index contributed by atoms with van der Waals surface area (Å²) in [6.07, 6.45) is -6.09. The summed E-state index contributed by atoms with van der Waals surface area (Å²) in [6, 6.07) is 7.73. The lowest BCUT2D eigenvalue weighted by Crippen LogP contribution is -2.28. The first-order valence-electron chi connectivity index (χ1n) is 6.81. The van der Waals surface area contributed by atoms with Crippen molar-refractivity contribution in [1.29, 1.82) is 0 Å². The second-order valence-electron chi connectivity index (χ2n) is 4.78. The number of alkyl halides is 3. The minimum Gasteiger partial charge on any atom is -0.364 e. The average Bonchev–Trinajstić information content (AvgIpc) is 2.79. The zero-order valence-electron chi connectivity index (χ0n) is 12.0. The molecule has 0 saturated heterocycles. The number of halogens is 3. The quantitative estimate of drug-likeness (QED) is 0.848. The van der Waals surface area contributed by atoms with E-state index in [9.17, 15) is 13.2 Å². The van der Waals surface area contributed by atoms with E-state index in [0.717, 1.165) is 34.0 Å². The SMILES string of the molecule is CCNCc1sc2ccccc2c1COC(C)C(F)(F)F. The van der Waals surface area contributed by atoms with Crippen LogP contribution in [0.3, 0.4) is 0 Å². The molecule has 2 rings (SSSR count). The topological polar surface area (TPSA) is 21.3 Å². The highest BCUT2D eigenvalue weighted by Crippen LogP contribution is 2.33. The van der Waals surface area contributed by atoms with Crippen LogP contribution in [0.5, 0.6) is 0 Å². The summed E-state index contributed by atoms with van der Waals surface area (Å²) in [5, 5.41) is 4.19. The summed E-state index contributed by atoms with van der Waals surface area (Å²) in [5.41, 5.74) is 0.854. The molecule has 1 aromatic heterocycles. The zero-order chi connectivity index (χ0) is 15.5. The Morgan fingerprint density at radius 3 is 2.67 bits per heavy atom. The van der Waals surface area contributed by atoms with E-state index in [1.165, 1.54) is 0 Å². The molecule has 2 nitrogen and oxygen atoms in total. The molecule has 0 saturated carbocycles. The van der Waals surface area contributed by atoms with Crippen LogP contribution >= 0.6 is 11.3 Å². The Hall–Kier alpha value is -1.11. The number of nitrogens with one attached hydrogen (secondary N) is 1. The summed E-state index contributed by atoms with van der Waals surface area (Å²) in [6.45, 7) is 4.47. The molecule has 0 aliphatic rings. The van der Waals surface area contributed by atoms with Crippen molar-refractivity contribution in [2.24, 2.45) is 0 Å². The summed E-state index contributed by atoms with van der Waals surface area (Å²) >= 11 is 1.60. The highest BCUT2D eigenvalue weighted by molar-refractivity contribution is 7.19. The van der Waals surface area contributed by atoms with Gasteiger partial charge in [0.25, 0.3) is 0 Å². The van der Waals surface area contributed by atoms with Gasteiger partial charge in [0.15, 0.2) is 6.10 Å². The molecule has 0 fully saturated rings. The van der Waals surface area contributed by atoms with Gasteiger partial charge in [-0.25, -0.2) is 0 Å². The second kappa shape index (κ2) is 6.77. The summed E-state index contributed by atoms with van der Waals surface area (Å²) in [7, 11) is 0. The molecule has 0 aliphatic carbocycles. The summed E-state index contributed by atoms with van der Waals surface area (Å²) in [4.78, 5) is 1.03. The third kappa shape index (κ3) is 3.96. The van der Waals surface area contributed by atoms with Crippen LogP contribution in [0.1, 0.15) is 24.3 Å². The lowest BCUT2D eigenvalue weighted by Gasteiger charge is -2.16. The van der Waals surface area contributed by atoms with Gasteiger partial charge in [0.2, 0.25) is 0 Å². The van der Waals surface area contributed by atoms with Gasteiger partial charge in [-0.1, -0.05) is 25.1 Å². The summed E-state index contributed by atoms with van der Waals surface area (Å²) < 4.78 is 43.8. The molecule has 1 unspecified atom stereocenters. The molecule has 1 N–H and O–H groups in total. The van der Waals surface area contributed by atoms with Gasteiger partial charge in [-0.3, -0.25) is 0 Å². The maximum atomic E-state index is 12.6. The van der Waals surface area contributed by atoms with Crippen molar-refractivity contribution in [3.05, 3.63) is 34.7 Å². The minimum absolute atomic E-state index is 0.0224. The van der Waals surface area contributed by atoms with Gasteiger partial charge in [0.05, 0.1) is 6.61 Å². The smallest absolute Gasteiger partial charge is 0.364 e. The average molecular weight is 317 g/mol. The fraction of sp³-hybridized carbons (Fsp3) is 0.467. The highest BCUT2D eigenvalue weighted by atomic mass is 32.1. The molecule has 0 bridgehead atoms. The fourth-order valence-corrected chi connectivity index (χ4v) is 3.17. The molecule has 6 heteroatoms. The predicted molar refractivity (Wildman–Crippen MR) is 79.5 cm³/mol. The minimum atomic E-state index is -4.33. The first-order chi connectivity index (χ1) is 9.93. The van der Waals surface area contributed by atoms with E-state index in [1.807, 2.05) is 31.2 Å². The standard InChI is InChI=1S/C15H18F3NOS/c1-3-19-8-14-12(9-20-10(2)15(16,17)18)11-6-4-5-7-13(11)21-14/h4-7,10,19H,3,8-9H2,1-2H3. The first kappa shape index (κ1) is 16.3. The molecule has 1 atom stereocenters. The van der Waals surface area contributed by atoms with Crippen molar-refractivity contribution in [3.63, 3.8) is 0 Å². The van der Waals surface area contributed by atoms with Crippen molar-refractivity contribution >= 4 is 21.4 Å². The van der Waals surface area contributed by atoms with Crippen LogP contribution in [0.15, 0.2) is 24.3 Å². The molecule has 0 spiro atoms. The van der Waals surface area contributed by atoms with E-state index in [0.29, 0.717) is 6.54 Å². The molecular formula is C15H18F3NOS. The normalized spacial score (nSPS) is 13.8. The molecule has 21 heavy (non-hydrogen) atoms. The molecule has 0 amide bonds. The number of ether oxygens (including phenoxy) is 1. The van der Waals surface area contributed by atoms with Gasteiger partial charge >= 0.3 is 6.18 Å². The van der Waals surface area contributed by atoms with E-state index in [1.54, 1.807) is 11.3 Å². The number of fused-ring (bicyclic) bond motifs is 1. The number of thiophene rings is 1. The van der Waals surface area contributed by atoms with Crippen LogP contribution in [0.25, 0.3) is 10.1 Å². The zero-order valence-corrected chi connectivity index (χ0v) is 12.8. The lowest BCUT2D eigenvalue weighted by molar-refractivity contribution is -0.217.